The van der Waals surface area contributed by atoms with E-state index in [1.807, 2.05) is 0 Å². The van der Waals surface area contributed by atoms with Gasteiger partial charge in [0.05, 0.1) is 0 Å². The van der Waals surface area contributed by atoms with Crippen LogP contribution in [0.3, 0.4) is 0 Å². The second kappa shape index (κ2) is 9.19. The number of amides is 2. The lowest BCUT2D eigenvalue weighted by atomic mass is 10.1. The first-order valence-electron chi connectivity index (χ1n) is 6.10. The number of rotatable bonds is 9. The van der Waals surface area contributed by atoms with Crippen LogP contribution in [0.5, 0.6) is 0 Å². The minimum atomic E-state index is -1.22. The fraction of sp³-hybridized carbons (Fsp3) is 0.636. The van der Waals surface area contributed by atoms with Crippen LogP contribution in [-0.4, -0.2) is 57.8 Å². The van der Waals surface area contributed by atoms with Gasteiger partial charge in [-0.3, -0.25) is 19.2 Å². The molecular weight excluding hydrogens is 302 g/mol. The zero-order valence-corrected chi connectivity index (χ0v) is 12.3. The molecule has 0 aromatic heterocycles. The molecule has 21 heavy (non-hydrogen) atoms. The van der Waals surface area contributed by atoms with Crippen LogP contribution in [0.4, 0.5) is 0 Å². The summed E-state index contributed by atoms with van der Waals surface area (Å²) in [7, 11) is 0. The Morgan fingerprint density at radius 2 is 1.81 bits per heavy atom. The van der Waals surface area contributed by atoms with Crippen LogP contribution in [0.1, 0.15) is 19.8 Å². The summed E-state index contributed by atoms with van der Waals surface area (Å²) in [6, 6.07) is -2.19. The van der Waals surface area contributed by atoms with Crippen LogP contribution in [0, 0.1) is 0 Å². The largest absolute Gasteiger partial charge is 0.480 e. The van der Waals surface area contributed by atoms with Crippen LogP contribution in [0.25, 0.3) is 0 Å². The first-order chi connectivity index (χ1) is 9.65. The molecule has 0 aromatic carbocycles. The zero-order valence-electron chi connectivity index (χ0n) is 11.4. The maximum absolute atomic E-state index is 11.7. The molecule has 0 saturated carbocycles. The summed E-state index contributed by atoms with van der Waals surface area (Å²) in [6.07, 6.45) is -0.248. The summed E-state index contributed by atoms with van der Waals surface area (Å²) in [4.78, 5) is 44.2. The van der Waals surface area contributed by atoms with Crippen LogP contribution in [0.15, 0.2) is 0 Å². The van der Waals surface area contributed by atoms with Gasteiger partial charge in [-0.05, 0) is 6.42 Å². The molecule has 0 heterocycles. The number of nitrogens with one attached hydrogen (secondary N) is 2. The highest BCUT2D eigenvalue weighted by atomic mass is 32.1. The number of carbonyl (C=O) groups excluding carboxylic acids is 2. The molecule has 0 radical (unpaired) electrons. The van der Waals surface area contributed by atoms with Gasteiger partial charge in [0.1, 0.15) is 18.6 Å². The highest BCUT2D eigenvalue weighted by Crippen LogP contribution is 2.03. The van der Waals surface area contributed by atoms with Gasteiger partial charge in [0, 0.05) is 11.7 Å². The third-order valence-corrected chi connectivity index (χ3v) is 2.79. The van der Waals surface area contributed by atoms with E-state index in [4.69, 9.17) is 15.9 Å². The van der Waals surface area contributed by atoms with E-state index in [9.17, 15) is 19.2 Å². The van der Waals surface area contributed by atoms with Crippen molar-refractivity contribution in [1.29, 1.82) is 0 Å². The summed E-state index contributed by atoms with van der Waals surface area (Å²) < 4.78 is 0. The summed E-state index contributed by atoms with van der Waals surface area (Å²) in [5.74, 6) is -3.69. The van der Waals surface area contributed by atoms with Crippen molar-refractivity contribution in [3.63, 3.8) is 0 Å². The smallest absolute Gasteiger partial charge is 0.322 e. The summed E-state index contributed by atoms with van der Waals surface area (Å²) in [5.41, 5.74) is 5.26. The fourth-order valence-corrected chi connectivity index (χ4v) is 1.54. The molecule has 3 unspecified atom stereocenters. The Labute approximate surface area is 126 Å². The molecule has 0 bridgehead atoms. The molecule has 2 amide bonds. The maximum Gasteiger partial charge on any atom is 0.322 e. The highest BCUT2D eigenvalue weighted by molar-refractivity contribution is 7.81. The standard InChI is InChI=1S/C11H19N3O6S/c1-5(21)9(10(18)13-4-8(16)17)14-7(15)3-2-6(12)11(19)20/h5-6,9,21H,2-4,12H2,1H3,(H,13,18)(H,14,15)(H,16,17)(H,19,20). The Bertz CT molecular complexity index is 415. The molecule has 10 heteroatoms. The van der Waals surface area contributed by atoms with E-state index in [1.54, 1.807) is 6.92 Å². The van der Waals surface area contributed by atoms with Gasteiger partial charge in [-0.15, -0.1) is 0 Å². The summed E-state index contributed by atoms with van der Waals surface area (Å²) in [6.45, 7) is 0.979. The molecule has 3 atom stereocenters. The molecule has 6 N–H and O–H groups in total. The van der Waals surface area contributed by atoms with Crippen LogP contribution in [-0.2, 0) is 19.2 Å². The lowest BCUT2D eigenvalue weighted by Gasteiger charge is -2.21. The van der Waals surface area contributed by atoms with Crippen LogP contribution >= 0.6 is 12.6 Å². The Morgan fingerprint density at radius 3 is 2.24 bits per heavy atom. The van der Waals surface area contributed by atoms with Gasteiger partial charge in [0.2, 0.25) is 11.8 Å². The number of hydrogen-bond acceptors (Lipinski definition) is 6. The van der Waals surface area contributed by atoms with Crippen molar-refractivity contribution in [2.75, 3.05) is 6.54 Å². The number of hydrogen-bond donors (Lipinski definition) is 6. The quantitative estimate of drug-likeness (QED) is 0.273. The van der Waals surface area contributed by atoms with Crippen molar-refractivity contribution in [2.45, 2.75) is 37.1 Å². The molecule has 9 nitrogen and oxygen atoms in total. The third-order valence-electron chi connectivity index (χ3n) is 2.49. The molecule has 0 aliphatic rings. The van der Waals surface area contributed by atoms with E-state index in [0.29, 0.717) is 0 Å². The van der Waals surface area contributed by atoms with Gasteiger partial charge in [-0.25, -0.2) is 0 Å². The van der Waals surface area contributed by atoms with Gasteiger partial charge in [-0.1, -0.05) is 6.92 Å². The maximum atomic E-state index is 11.7. The SMILES string of the molecule is CC(S)C(NC(=O)CCC(N)C(=O)O)C(=O)NCC(=O)O. The number of carbonyl (C=O) groups is 4. The Hall–Kier alpha value is -1.81. The Balaban J connectivity index is 4.43. The zero-order chi connectivity index (χ0) is 16.6. The number of nitrogens with two attached hydrogens (primary N) is 1. The Morgan fingerprint density at radius 1 is 1.24 bits per heavy atom. The molecule has 0 spiro atoms. The van der Waals surface area contributed by atoms with Crippen molar-refractivity contribution >= 4 is 36.4 Å². The van der Waals surface area contributed by atoms with Crippen molar-refractivity contribution in [3.8, 4) is 0 Å². The average molecular weight is 321 g/mol. The average Bonchev–Trinajstić information content (AvgIpc) is 2.38. The monoisotopic (exact) mass is 321 g/mol. The van der Waals surface area contributed by atoms with E-state index in [-0.39, 0.29) is 12.8 Å². The van der Waals surface area contributed by atoms with Crippen LogP contribution in [0.2, 0.25) is 0 Å². The van der Waals surface area contributed by atoms with E-state index in [1.165, 1.54) is 0 Å². The van der Waals surface area contributed by atoms with Gasteiger partial charge >= 0.3 is 11.9 Å². The van der Waals surface area contributed by atoms with E-state index in [2.05, 4.69) is 23.3 Å². The van der Waals surface area contributed by atoms with Crippen molar-refractivity contribution < 1.29 is 29.4 Å². The number of aliphatic carboxylic acids is 2. The molecule has 0 fully saturated rings. The summed E-state index contributed by atoms with van der Waals surface area (Å²) >= 11 is 4.05. The highest BCUT2D eigenvalue weighted by Gasteiger charge is 2.25. The minimum Gasteiger partial charge on any atom is -0.480 e. The van der Waals surface area contributed by atoms with E-state index < -0.39 is 47.6 Å². The second-order valence-corrected chi connectivity index (χ2v) is 5.20. The fourth-order valence-electron chi connectivity index (χ4n) is 1.33. The third kappa shape index (κ3) is 8.15. The van der Waals surface area contributed by atoms with Gasteiger partial charge in [-0.2, -0.15) is 12.6 Å². The van der Waals surface area contributed by atoms with Gasteiger partial charge in [0.15, 0.2) is 0 Å². The lowest BCUT2D eigenvalue weighted by Crippen LogP contribution is -2.52. The lowest BCUT2D eigenvalue weighted by molar-refractivity contribution is -0.139. The minimum absolute atomic E-state index is 0.0778. The first-order valence-corrected chi connectivity index (χ1v) is 6.62. The first kappa shape index (κ1) is 19.2. The van der Waals surface area contributed by atoms with Gasteiger partial charge < -0.3 is 26.6 Å². The van der Waals surface area contributed by atoms with Crippen molar-refractivity contribution in [1.82, 2.24) is 10.6 Å². The molecule has 120 valence electrons. The second-order valence-electron chi connectivity index (χ2n) is 4.38. The molecule has 0 aliphatic heterocycles. The molecule has 0 rings (SSSR count). The predicted octanol–water partition coefficient (Wildman–Crippen LogP) is -1.82. The van der Waals surface area contributed by atoms with E-state index >= 15 is 0 Å². The van der Waals surface area contributed by atoms with Crippen LogP contribution < -0.4 is 16.4 Å². The molecular formula is C11H19N3O6S. The summed E-state index contributed by atoms with van der Waals surface area (Å²) in [5, 5.41) is 21.0. The van der Waals surface area contributed by atoms with Crippen molar-refractivity contribution in [2.24, 2.45) is 5.73 Å². The molecule has 0 saturated heterocycles. The Kier molecular flexibility index (Phi) is 8.39. The molecule has 0 aromatic rings. The topological polar surface area (TPSA) is 159 Å². The molecule has 0 aliphatic carbocycles. The number of carboxylic acids is 2. The van der Waals surface area contributed by atoms with E-state index in [0.717, 1.165) is 0 Å². The number of thiol groups is 1. The van der Waals surface area contributed by atoms with Crippen molar-refractivity contribution in [3.05, 3.63) is 0 Å². The number of carboxylic acid groups (broad SMARTS) is 2. The normalized spacial score (nSPS) is 14.6. The van der Waals surface area contributed by atoms with Gasteiger partial charge in [0.25, 0.3) is 0 Å². The predicted molar refractivity (Wildman–Crippen MR) is 75.9 cm³/mol.